The van der Waals surface area contributed by atoms with Crippen molar-refractivity contribution in [1.29, 1.82) is 0 Å². The van der Waals surface area contributed by atoms with Crippen LogP contribution < -0.4 is 5.43 Å². The largest absolute Gasteiger partial charge is 0.272 e. The molecule has 1 amide bonds. The van der Waals surface area contributed by atoms with Gasteiger partial charge < -0.3 is 0 Å². The lowest BCUT2D eigenvalue weighted by atomic mass is 10.2. The molecule has 0 aliphatic carbocycles. The van der Waals surface area contributed by atoms with E-state index in [0.717, 1.165) is 5.56 Å². The summed E-state index contributed by atoms with van der Waals surface area (Å²) >= 11 is 11.7. The highest BCUT2D eigenvalue weighted by atomic mass is 35.5. The number of hydrogen-bond acceptors (Lipinski definition) is 3. The number of amides is 1. The highest BCUT2D eigenvalue weighted by Crippen LogP contribution is 2.20. The molecule has 0 fully saturated rings. The van der Waals surface area contributed by atoms with Crippen molar-refractivity contribution in [1.82, 2.24) is 10.4 Å². The van der Waals surface area contributed by atoms with Crippen molar-refractivity contribution in [2.24, 2.45) is 5.10 Å². The zero-order valence-electron chi connectivity index (χ0n) is 10.6. The minimum atomic E-state index is -0.394. The van der Waals surface area contributed by atoms with Gasteiger partial charge in [0.2, 0.25) is 0 Å². The molecule has 6 heteroatoms. The summed E-state index contributed by atoms with van der Waals surface area (Å²) in [6.45, 7) is 1.78. The lowest BCUT2D eigenvalue weighted by molar-refractivity contribution is 0.0955. The van der Waals surface area contributed by atoms with Crippen LogP contribution in [0.4, 0.5) is 0 Å². The fourth-order valence-corrected chi connectivity index (χ4v) is 2.00. The van der Waals surface area contributed by atoms with Gasteiger partial charge in [-0.2, -0.15) is 5.10 Å². The zero-order valence-corrected chi connectivity index (χ0v) is 12.1. The number of aromatic nitrogens is 1. The van der Waals surface area contributed by atoms with Crippen LogP contribution in [0.3, 0.4) is 0 Å². The van der Waals surface area contributed by atoms with Crippen molar-refractivity contribution < 1.29 is 4.79 Å². The van der Waals surface area contributed by atoms with Crippen LogP contribution in [0.2, 0.25) is 10.0 Å². The predicted molar refractivity (Wildman–Crippen MR) is 80.4 cm³/mol. The van der Waals surface area contributed by atoms with Crippen molar-refractivity contribution in [3.05, 3.63) is 63.9 Å². The molecule has 1 N–H and O–H groups in total. The summed E-state index contributed by atoms with van der Waals surface area (Å²) in [5, 5.41) is 4.78. The predicted octanol–water partition coefficient (Wildman–Crippen LogP) is 3.54. The molecular formula is C14H11Cl2N3O. The van der Waals surface area contributed by atoms with Gasteiger partial charge in [-0.05, 0) is 31.2 Å². The number of hydrogen-bond donors (Lipinski definition) is 1. The number of hydrazone groups is 1. The number of nitrogens with one attached hydrogen (secondary N) is 1. The van der Waals surface area contributed by atoms with Crippen molar-refractivity contribution in [3.63, 3.8) is 0 Å². The maximum Gasteiger partial charge on any atom is 0.272 e. The first kappa shape index (κ1) is 14.5. The van der Waals surface area contributed by atoms with E-state index in [1.807, 2.05) is 6.07 Å². The van der Waals surface area contributed by atoms with Crippen LogP contribution in [0.5, 0.6) is 0 Å². The quantitative estimate of drug-likeness (QED) is 0.696. The van der Waals surface area contributed by atoms with E-state index in [0.29, 0.717) is 16.3 Å². The van der Waals surface area contributed by atoms with E-state index >= 15 is 0 Å². The summed E-state index contributed by atoms with van der Waals surface area (Å²) in [5.41, 5.74) is 4.25. The third-order valence-electron chi connectivity index (χ3n) is 2.58. The van der Waals surface area contributed by atoms with E-state index in [1.54, 1.807) is 37.5 Å². The standard InChI is InChI=1S/C14H11Cl2N3O/c1-9(10-3-2-6-17-8-10)18-19-14(20)12-5-4-11(15)7-13(12)16/h2-8H,1H3,(H,19,20)/b18-9-. The average Bonchev–Trinajstić information content (AvgIpc) is 2.45. The van der Waals surface area contributed by atoms with Crippen LogP contribution in [0, 0.1) is 0 Å². The molecule has 0 bridgehead atoms. The molecule has 0 unspecified atom stereocenters. The first-order valence-electron chi connectivity index (χ1n) is 5.78. The number of rotatable bonds is 3. The molecular weight excluding hydrogens is 297 g/mol. The highest BCUT2D eigenvalue weighted by molar-refractivity contribution is 6.36. The molecule has 0 aliphatic heterocycles. The topological polar surface area (TPSA) is 54.4 Å². The van der Waals surface area contributed by atoms with Crippen LogP contribution in [0.25, 0.3) is 0 Å². The lowest BCUT2D eigenvalue weighted by Crippen LogP contribution is -2.19. The Morgan fingerprint density at radius 2 is 2.10 bits per heavy atom. The van der Waals surface area contributed by atoms with Crippen molar-refractivity contribution in [2.45, 2.75) is 6.92 Å². The van der Waals surface area contributed by atoms with Crippen LogP contribution in [0.1, 0.15) is 22.8 Å². The van der Waals surface area contributed by atoms with E-state index in [1.165, 1.54) is 6.07 Å². The van der Waals surface area contributed by atoms with E-state index in [9.17, 15) is 4.79 Å². The Hall–Kier alpha value is -1.91. The van der Waals surface area contributed by atoms with Crippen LogP contribution in [-0.2, 0) is 0 Å². The van der Waals surface area contributed by atoms with E-state index in [-0.39, 0.29) is 5.02 Å². The molecule has 0 atom stereocenters. The van der Waals surface area contributed by atoms with Gasteiger partial charge in [0.1, 0.15) is 0 Å². The Morgan fingerprint density at radius 3 is 2.75 bits per heavy atom. The minimum absolute atomic E-state index is 0.282. The van der Waals surface area contributed by atoms with Gasteiger partial charge >= 0.3 is 0 Å². The van der Waals surface area contributed by atoms with Crippen molar-refractivity contribution in [2.75, 3.05) is 0 Å². The third-order valence-corrected chi connectivity index (χ3v) is 3.13. The van der Waals surface area contributed by atoms with Gasteiger partial charge in [0.25, 0.3) is 5.91 Å². The molecule has 1 aromatic heterocycles. The second-order valence-corrected chi connectivity index (χ2v) is 4.85. The fourth-order valence-electron chi connectivity index (χ4n) is 1.51. The van der Waals surface area contributed by atoms with Crippen LogP contribution in [0.15, 0.2) is 47.8 Å². The Kier molecular flexibility index (Phi) is 4.71. The third kappa shape index (κ3) is 3.56. The fraction of sp³-hybridized carbons (Fsp3) is 0.0714. The molecule has 2 aromatic rings. The summed E-state index contributed by atoms with van der Waals surface area (Å²) in [7, 11) is 0. The number of nitrogens with zero attached hydrogens (tertiary/aromatic N) is 2. The maximum absolute atomic E-state index is 12.0. The molecule has 0 saturated heterocycles. The minimum Gasteiger partial charge on any atom is -0.267 e. The second-order valence-electron chi connectivity index (χ2n) is 4.00. The van der Waals surface area contributed by atoms with Crippen molar-refractivity contribution >= 4 is 34.8 Å². The number of halogens is 2. The summed E-state index contributed by atoms with van der Waals surface area (Å²) in [6.07, 6.45) is 3.34. The summed E-state index contributed by atoms with van der Waals surface area (Å²) < 4.78 is 0. The smallest absolute Gasteiger partial charge is 0.267 e. The van der Waals surface area contributed by atoms with Gasteiger partial charge in [-0.3, -0.25) is 9.78 Å². The highest BCUT2D eigenvalue weighted by Gasteiger charge is 2.10. The molecule has 0 radical (unpaired) electrons. The van der Waals surface area contributed by atoms with Gasteiger partial charge in [0.05, 0.1) is 16.3 Å². The number of carbonyl (C=O) groups excluding carboxylic acids is 1. The van der Waals surface area contributed by atoms with Gasteiger partial charge in [-0.1, -0.05) is 29.3 Å². The molecule has 0 saturated carbocycles. The monoisotopic (exact) mass is 307 g/mol. The second kappa shape index (κ2) is 6.50. The Bertz CT molecular complexity index is 657. The molecule has 102 valence electrons. The first-order chi connectivity index (χ1) is 9.58. The normalized spacial score (nSPS) is 11.2. The Balaban J connectivity index is 2.12. The van der Waals surface area contributed by atoms with Crippen LogP contribution in [-0.4, -0.2) is 16.6 Å². The molecule has 1 aromatic carbocycles. The Labute approximate surface area is 126 Å². The number of benzene rings is 1. The van der Waals surface area contributed by atoms with Gasteiger partial charge in [0.15, 0.2) is 0 Å². The molecule has 1 heterocycles. The zero-order chi connectivity index (χ0) is 14.5. The summed E-state index contributed by atoms with van der Waals surface area (Å²) in [6, 6.07) is 8.31. The SMILES string of the molecule is C/C(=N/NC(=O)c1ccc(Cl)cc1Cl)c1cccnc1. The Morgan fingerprint density at radius 1 is 1.30 bits per heavy atom. The molecule has 20 heavy (non-hydrogen) atoms. The number of pyridine rings is 1. The summed E-state index contributed by atoms with van der Waals surface area (Å²) in [5.74, 6) is -0.394. The lowest BCUT2D eigenvalue weighted by Gasteiger charge is -2.04. The number of carbonyl (C=O) groups is 1. The molecule has 4 nitrogen and oxygen atoms in total. The van der Waals surface area contributed by atoms with Gasteiger partial charge in [-0.25, -0.2) is 5.43 Å². The van der Waals surface area contributed by atoms with Crippen LogP contribution >= 0.6 is 23.2 Å². The van der Waals surface area contributed by atoms with E-state index in [4.69, 9.17) is 23.2 Å². The average molecular weight is 308 g/mol. The van der Waals surface area contributed by atoms with E-state index < -0.39 is 5.91 Å². The summed E-state index contributed by atoms with van der Waals surface area (Å²) in [4.78, 5) is 15.9. The van der Waals surface area contributed by atoms with Crippen molar-refractivity contribution in [3.8, 4) is 0 Å². The molecule has 0 aliphatic rings. The van der Waals surface area contributed by atoms with E-state index in [2.05, 4.69) is 15.5 Å². The maximum atomic E-state index is 12.0. The molecule has 2 rings (SSSR count). The molecule has 0 spiro atoms. The van der Waals surface area contributed by atoms with Gasteiger partial charge in [-0.15, -0.1) is 0 Å². The first-order valence-corrected chi connectivity index (χ1v) is 6.53. The van der Waals surface area contributed by atoms with Gasteiger partial charge in [0, 0.05) is 23.0 Å².